The Hall–Kier alpha value is -1.80. The lowest BCUT2D eigenvalue weighted by atomic mass is 9.95. The highest BCUT2D eigenvalue weighted by molar-refractivity contribution is 6.30. The van der Waals surface area contributed by atoms with Gasteiger partial charge in [-0.25, -0.2) is 13.8 Å². The molecule has 0 aromatic carbocycles. The van der Waals surface area contributed by atoms with E-state index < -0.39 is 12.0 Å². The molecule has 2 aromatic heterocycles. The average Bonchev–Trinajstić information content (AvgIpc) is 3.18. The minimum atomic E-state index is -0.838. The molecular formula is C19H24ClF2N5O. The van der Waals surface area contributed by atoms with Gasteiger partial charge in [-0.1, -0.05) is 18.5 Å². The lowest BCUT2D eigenvalue weighted by Crippen LogP contribution is -2.43. The first-order valence-corrected chi connectivity index (χ1v) is 10.1. The molecule has 28 heavy (non-hydrogen) atoms. The van der Waals surface area contributed by atoms with Crippen LogP contribution in [0.4, 0.5) is 14.6 Å². The number of hydrogen-bond donors (Lipinski definition) is 0. The summed E-state index contributed by atoms with van der Waals surface area (Å²) in [6, 6.07) is 0.0788. The Balaban J connectivity index is 1.68. The van der Waals surface area contributed by atoms with Crippen LogP contribution in [-0.4, -0.2) is 64.9 Å². The fourth-order valence-electron chi connectivity index (χ4n) is 4.44. The van der Waals surface area contributed by atoms with Crippen LogP contribution in [0.1, 0.15) is 32.6 Å². The van der Waals surface area contributed by atoms with E-state index >= 15 is 0 Å². The molecule has 4 rings (SSSR count). The summed E-state index contributed by atoms with van der Waals surface area (Å²) in [6.07, 6.45) is 3.90. The molecule has 2 atom stereocenters. The maximum absolute atomic E-state index is 14.6. The molecule has 0 bridgehead atoms. The number of rotatable bonds is 6. The summed E-state index contributed by atoms with van der Waals surface area (Å²) in [5, 5.41) is 0.244. The van der Waals surface area contributed by atoms with Crippen LogP contribution in [0.5, 0.6) is 6.01 Å². The van der Waals surface area contributed by atoms with E-state index in [1.807, 2.05) is 18.9 Å². The second-order valence-corrected chi connectivity index (χ2v) is 8.10. The van der Waals surface area contributed by atoms with Gasteiger partial charge in [-0.15, -0.1) is 0 Å². The third-order valence-electron chi connectivity index (χ3n) is 5.75. The van der Waals surface area contributed by atoms with Crippen molar-refractivity contribution in [3.63, 3.8) is 0 Å². The van der Waals surface area contributed by atoms with Gasteiger partial charge in [0, 0.05) is 32.8 Å². The molecule has 2 aliphatic rings. The van der Waals surface area contributed by atoms with E-state index in [2.05, 4.69) is 19.9 Å². The number of halogens is 3. The van der Waals surface area contributed by atoms with Crippen LogP contribution in [0.15, 0.2) is 6.20 Å². The second-order valence-electron chi connectivity index (χ2n) is 7.74. The number of pyridine rings is 1. The lowest BCUT2D eigenvalue weighted by molar-refractivity contribution is 0.107. The monoisotopic (exact) mass is 411 g/mol. The van der Waals surface area contributed by atoms with Crippen LogP contribution in [0, 0.1) is 5.82 Å². The molecule has 2 saturated heterocycles. The van der Waals surface area contributed by atoms with Crippen LogP contribution in [0.3, 0.4) is 0 Å². The molecule has 2 aliphatic heterocycles. The first kappa shape index (κ1) is 19.5. The Morgan fingerprint density at radius 1 is 1.43 bits per heavy atom. The van der Waals surface area contributed by atoms with Crippen molar-refractivity contribution in [2.75, 3.05) is 38.2 Å². The van der Waals surface area contributed by atoms with Crippen LogP contribution in [-0.2, 0) is 0 Å². The maximum Gasteiger partial charge on any atom is 0.319 e. The van der Waals surface area contributed by atoms with Crippen molar-refractivity contribution in [2.24, 2.45) is 0 Å². The number of anilines is 1. The molecule has 2 aromatic rings. The zero-order valence-corrected chi connectivity index (χ0v) is 16.8. The van der Waals surface area contributed by atoms with Crippen molar-refractivity contribution in [3.05, 3.63) is 17.2 Å². The quantitative estimate of drug-likeness (QED) is 0.677. The topological polar surface area (TPSA) is 54.4 Å². The van der Waals surface area contributed by atoms with Crippen LogP contribution in [0.2, 0.25) is 5.15 Å². The zero-order chi connectivity index (χ0) is 19.9. The molecule has 0 N–H and O–H groups in total. The minimum absolute atomic E-state index is 0.0788. The van der Waals surface area contributed by atoms with Crippen molar-refractivity contribution in [1.82, 2.24) is 19.9 Å². The predicted octanol–water partition coefficient (Wildman–Crippen LogP) is 3.62. The van der Waals surface area contributed by atoms with Gasteiger partial charge in [0.25, 0.3) is 0 Å². The highest BCUT2D eigenvalue weighted by Crippen LogP contribution is 2.40. The van der Waals surface area contributed by atoms with Gasteiger partial charge >= 0.3 is 6.01 Å². The van der Waals surface area contributed by atoms with Gasteiger partial charge in [0.05, 0.1) is 10.9 Å². The van der Waals surface area contributed by atoms with Gasteiger partial charge < -0.3 is 9.64 Å². The van der Waals surface area contributed by atoms with Crippen LogP contribution < -0.4 is 9.64 Å². The SMILES string of the molecule is CCCN(C)c1nc(OC[C@@]23CCCN2C[C@H](F)C3)nc2c(F)c(Cl)ncc12. The first-order valence-electron chi connectivity index (χ1n) is 9.68. The predicted molar refractivity (Wildman–Crippen MR) is 104 cm³/mol. The van der Waals surface area contributed by atoms with Gasteiger partial charge in [-0.2, -0.15) is 9.97 Å². The van der Waals surface area contributed by atoms with Crippen molar-refractivity contribution in [2.45, 2.75) is 44.3 Å². The molecular weight excluding hydrogens is 388 g/mol. The first-order chi connectivity index (χ1) is 13.4. The van der Waals surface area contributed by atoms with E-state index in [4.69, 9.17) is 16.3 Å². The molecule has 2 fully saturated rings. The largest absolute Gasteiger partial charge is 0.461 e. The molecule has 152 valence electrons. The molecule has 6 nitrogen and oxygen atoms in total. The molecule has 0 spiro atoms. The number of fused-ring (bicyclic) bond motifs is 2. The number of alkyl halides is 1. The summed E-state index contributed by atoms with van der Waals surface area (Å²) in [5.74, 6) is -0.150. The molecule has 9 heteroatoms. The Morgan fingerprint density at radius 3 is 3.04 bits per heavy atom. The summed E-state index contributed by atoms with van der Waals surface area (Å²) in [5.41, 5.74) is -0.236. The molecule has 0 radical (unpaired) electrons. The number of hydrogen-bond acceptors (Lipinski definition) is 6. The number of nitrogens with zero attached hydrogens (tertiary/aromatic N) is 5. The summed E-state index contributed by atoms with van der Waals surface area (Å²) < 4.78 is 34.5. The van der Waals surface area contributed by atoms with E-state index in [1.165, 1.54) is 6.20 Å². The van der Waals surface area contributed by atoms with Gasteiger partial charge in [0.2, 0.25) is 0 Å². The second kappa shape index (κ2) is 7.55. The van der Waals surface area contributed by atoms with E-state index in [0.717, 1.165) is 32.4 Å². The van der Waals surface area contributed by atoms with Gasteiger partial charge in [0.1, 0.15) is 24.1 Å². The molecule has 4 heterocycles. The van der Waals surface area contributed by atoms with Crippen molar-refractivity contribution in [1.29, 1.82) is 0 Å². The third-order valence-corrected chi connectivity index (χ3v) is 6.02. The summed E-state index contributed by atoms with van der Waals surface area (Å²) in [4.78, 5) is 16.7. The average molecular weight is 412 g/mol. The van der Waals surface area contributed by atoms with E-state index in [-0.39, 0.29) is 28.8 Å². The third kappa shape index (κ3) is 3.37. The maximum atomic E-state index is 14.6. The molecule has 0 saturated carbocycles. The Morgan fingerprint density at radius 2 is 2.25 bits per heavy atom. The van der Waals surface area contributed by atoms with Crippen LogP contribution in [0.25, 0.3) is 10.9 Å². The minimum Gasteiger partial charge on any atom is -0.461 e. The summed E-state index contributed by atoms with van der Waals surface area (Å²) in [6.45, 7) is 4.40. The lowest BCUT2D eigenvalue weighted by Gasteiger charge is -2.31. The fourth-order valence-corrected chi connectivity index (χ4v) is 4.58. The van der Waals surface area contributed by atoms with Crippen molar-refractivity contribution >= 4 is 28.3 Å². The van der Waals surface area contributed by atoms with Crippen LogP contribution >= 0.6 is 11.6 Å². The standard InChI is InChI=1S/C19H24ClF2N5O/c1-3-6-26(2)17-13-9-23-16(20)14(22)15(13)24-18(25-17)28-11-19-5-4-7-27(19)10-12(21)8-19/h9,12H,3-8,10-11H2,1-2H3/t12-,19+/m1/s1. The van der Waals surface area contributed by atoms with E-state index in [0.29, 0.717) is 24.2 Å². The summed E-state index contributed by atoms with van der Waals surface area (Å²) in [7, 11) is 1.88. The number of ether oxygens (including phenoxy) is 1. The summed E-state index contributed by atoms with van der Waals surface area (Å²) >= 11 is 5.85. The Bertz CT molecular complexity index is 885. The number of aromatic nitrogens is 3. The molecule has 0 aliphatic carbocycles. The molecule has 0 amide bonds. The van der Waals surface area contributed by atoms with Gasteiger partial charge in [-0.3, -0.25) is 4.90 Å². The van der Waals surface area contributed by atoms with Gasteiger partial charge in [-0.05, 0) is 25.8 Å². The fraction of sp³-hybridized carbons (Fsp3) is 0.632. The highest BCUT2D eigenvalue weighted by atomic mass is 35.5. The normalized spacial score (nSPS) is 24.7. The van der Waals surface area contributed by atoms with Gasteiger partial charge in [0.15, 0.2) is 11.0 Å². The Kier molecular flexibility index (Phi) is 5.26. The van der Waals surface area contributed by atoms with Crippen molar-refractivity contribution in [3.8, 4) is 6.01 Å². The van der Waals surface area contributed by atoms with E-state index in [9.17, 15) is 8.78 Å². The molecule has 0 unspecified atom stereocenters. The zero-order valence-electron chi connectivity index (χ0n) is 16.1. The Labute approximate surface area is 167 Å². The highest BCUT2D eigenvalue weighted by Gasteiger charge is 2.49. The van der Waals surface area contributed by atoms with E-state index in [1.54, 1.807) is 0 Å². The van der Waals surface area contributed by atoms with Crippen molar-refractivity contribution < 1.29 is 13.5 Å². The smallest absolute Gasteiger partial charge is 0.319 e.